The Balaban J connectivity index is 1.63. The second kappa shape index (κ2) is 9.28. The molecule has 0 radical (unpaired) electrons. The van der Waals surface area contributed by atoms with Crippen molar-refractivity contribution in [3.05, 3.63) is 65.2 Å². The molecule has 3 unspecified atom stereocenters. The fourth-order valence-electron chi connectivity index (χ4n) is 6.40. The lowest BCUT2D eigenvalue weighted by Gasteiger charge is -2.37. The highest BCUT2D eigenvalue weighted by molar-refractivity contribution is 9.09. The van der Waals surface area contributed by atoms with Gasteiger partial charge in [-0.25, -0.2) is 0 Å². The van der Waals surface area contributed by atoms with E-state index in [4.69, 9.17) is 4.74 Å². The van der Waals surface area contributed by atoms with E-state index in [2.05, 4.69) is 26.6 Å². The van der Waals surface area contributed by atoms with Crippen LogP contribution in [0.2, 0.25) is 0 Å². The van der Waals surface area contributed by atoms with Gasteiger partial charge in [0.05, 0.1) is 30.6 Å². The van der Waals surface area contributed by atoms with E-state index in [1.807, 2.05) is 62.4 Å². The molecule has 190 valence electrons. The zero-order valence-electron chi connectivity index (χ0n) is 20.4. The third-order valence-electron chi connectivity index (χ3n) is 7.95. The van der Waals surface area contributed by atoms with Crippen LogP contribution in [0.3, 0.4) is 0 Å². The van der Waals surface area contributed by atoms with Crippen molar-refractivity contribution in [2.75, 3.05) is 19.0 Å². The first kappa shape index (κ1) is 24.9. The summed E-state index contributed by atoms with van der Waals surface area (Å²) in [6, 6.07) is 13.1. The smallest absolute Gasteiger partial charge is 0.250 e. The van der Waals surface area contributed by atoms with Gasteiger partial charge >= 0.3 is 0 Å². The van der Waals surface area contributed by atoms with Crippen LogP contribution in [-0.4, -0.2) is 64.0 Å². The number of benzene rings is 2. The number of anilines is 1. The molecular formula is C27H30BrN3O5. The zero-order chi connectivity index (χ0) is 25.8. The largest absolute Gasteiger partial charge is 0.394 e. The molecule has 3 N–H and O–H groups in total. The minimum Gasteiger partial charge on any atom is -0.394 e. The van der Waals surface area contributed by atoms with Gasteiger partial charge in [-0.05, 0) is 37.0 Å². The third-order valence-corrected chi connectivity index (χ3v) is 8.79. The summed E-state index contributed by atoms with van der Waals surface area (Å²) in [6.45, 7) is 3.45. The van der Waals surface area contributed by atoms with Crippen LogP contribution in [0.5, 0.6) is 0 Å². The van der Waals surface area contributed by atoms with E-state index >= 15 is 0 Å². The lowest BCUT2D eigenvalue weighted by Crippen LogP contribution is -2.55. The molecule has 0 aliphatic carbocycles. The molecule has 3 aliphatic rings. The van der Waals surface area contributed by atoms with Gasteiger partial charge in [-0.3, -0.25) is 14.4 Å². The van der Waals surface area contributed by atoms with Gasteiger partial charge in [0.25, 0.3) is 0 Å². The van der Waals surface area contributed by atoms with Crippen molar-refractivity contribution >= 4 is 39.3 Å². The van der Waals surface area contributed by atoms with E-state index in [0.29, 0.717) is 17.7 Å². The minimum atomic E-state index is -1.20. The predicted octanol–water partition coefficient (Wildman–Crippen LogP) is 2.47. The number of nitrogens with zero attached hydrogens (tertiary/aromatic N) is 1. The Kier molecular flexibility index (Phi) is 6.43. The number of para-hydroxylation sites is 1. The van der Waals surface area contributed by atoms with Crippen molar-refractivity contribution in [2.45, 2.75) is 48.9 Å². The maximum Gasteiger partial charge on any atom is 0.250 e. The molecule has 2 aromatic carbocycles. The van der Waals surface area contributed by atoms with E-state index in [-0.39, 0.29) is 23.2 Å². The standard InChI is InChI=1S/C27H30BrN3O5/c1-14-8-7-9-15(2)21(14)30-25(34)23-27-12-17(28)22(36-27)19(24(33)29-3)20(27)26(35)31(23)18(13-32)16-10-5-4-6-11-16/h4-11,17-20,22-23,32H,12-13H2,1-3H3,(H,29,33)(H,30,34)/t17?,18-,19-,20+,22-,23?,27?/m1/s1. The van der Waals surface area contributed by atoms with Crippen LogP contribution in [0.15, 0.2) is 48.5 Å². The molecule has 2 bridgehead atoms. The number of hydrogen-bond acceptors (Lipinski definition) is 5. The van der Waals surface area contributed by atoms with Gasteiger partial charge in [-0.2, -0.15) is 0 Å². The van der Waals surface area contributed by atoms with Crippen molar-refractivity contribution < 1.29 is 24.2 Å². The molecule has 8 nitrogen and oxygen atoms in total. The highest BCUT2D eigenvalue weighted by atomic mass is 79.9. The summed E-state index contributed by atoms with van der Waals surface area (Å²) >= 11 is 3.65. The predicted molar refractivity (Wildman–Crippen MR) is 137 cm³/mol. The molecule has 5 rings (SSSR count). The fraction of sp³-hybridized carbons (Fsp3) is 0.444. The van der Waals surface area contributed by atoms with Crippen LogP contribution in [0.4, 0.5) is 5.69 Å². The lowest BCUT2D eigenvalue weighted by molar-refractivity contribution is -0.144. The number of aryl methyl sites for hydroxylation is 2. The van der Waals surface area contributed by atoms with Gasteiger partial charge in [-0.1, -0.05) is 64.5 Å². The topological polar surface area (TPSA) is 108 Å². The Labute approximate surface area is 218 Å². The number of likely N-dealkylation sites (tertiary alicyclic amines) is 1. The molecule has 3 amide bonds. The molecule has 2 aromatic rings. The summed E-state index contributed by atoms with van der Waals surface area (Å²) in [7, 11) is 1.53. The average Bonchev–Trinajstić information content (AvgIpc) is 3.46. The molecular weight excluding hydrogens is 526 g/mol. The van der Waals surface area contributed by atoms with Gasteiger partial charge in [0.15, 0.2) is 0 Å². The second-order valence-electron chi connectivity index (χ2n) is 9.89. The van der Waals surface area contributed by atoms with Crippen molar-refractivity contribution in [3.8, 4) is 0 Å². The maximum absolute atomic E-state index is 14.1. The Morgan fingerprint density at radius 3 is 2.42 bits per heavy atom. The molecule has 9 heteroatoms. The summed E-state index contributed by atoms with van der Waals surface area (Å²) in [5.74, 6) is -2.61. The normalized spacial score (nSPS) is 31.3. The average molecular weight is 556 g/mol. The number of alkyl halides is 1. The van der Waals surface area contributed by atoms with E-state index in [1.54, 1.807) is 0 Å². The second-order valence-corrected chi connectivity index (χ2v) is 11.1. The number of nitrogens with one attached hydrogen (secondary N) is 2. The first-order valence-corrected chi connectivity index (χ1v) is 13.0. The first-order valence-electron chi connectivity index (χ1n) is 12.1. The highest BCUT2D eigenvalue weighted by Gasteiger charge is 2.77. The summed E-state index contributed by atoms with van der Waals surface area (Å²) in [4.78, 5) is 42.5. The number of rotatable bonds is 6. The number of amides is 3. The maximum atomic E-state index is 14.1. The van der Waals surface area contributed by atoms with Gasteiger partial charge in [0.2, 0.25) is 17.7 Å². The summed E-state index contributed by atoms with van der Waals surface area (Å²) in [5, 5.41) is 16.2. The Hall–Kier alpha value is -2.75. The van der Waals surface area contributed by atoms with Gasteiger partial charge in [0.1, 0.15) is 11.6 Å². The number of hydrogen-bond donors (Lipinski definition) is 3. The van der Waals surface area contributed by atoms with E-state index in [0.717, 1.165) is 11.1 Å². The van der Waals surface area contributed by atoms with Crippen LogP contribution in [0.25, 0.3) is 0 Å². The monoisotopic (exact) mass is 555 g/mol. The number of carbonyl (C=O) groups is 3. The quantitative estimate of drug-likeness (QED) is 0.474. The molecule has 0 aromatic heterocycles. The van der Waals surface area contributed by atoms with Crippen LogP contribution >= 0.6 is 15.9 Å². The van der Waals surface area contributed by atoms with Crippen molar-refractivity contribution in [1.82, 2.24) is 10.2 Å². The van der Waals surface area contributed by atoms with E-state index < -0.39 is 41.5 Å². The van der Waals surface area contributed by atoms with Crippen LogP contribution in [0.1, 0.15) is 29.2 Å². The highest BCUT2D eigenvalue weighted by Crippen LogP contribution is 2.61. The SMILES string of the molecule is CNC(=O)[C@H]1[C@@H]2OC3(CC2Br)C(C(=O)Nc2c(C)cccc2C)N([C@H](CO)c2ccccc2)C(=O)[C@H]13. The van der Waals surface area contributed by atoms with Crippen LogP contribution in [0, 0.1) is 25.7 Å². The van der Waals surface area contributed by atoms with Crippen LogP contribution < -0.4 is 10.6 Å². The summed E-state index contributed by atoms with van der Waals surface area (Å²) in [6.07, 6.45) is -0.128. The Bertz CT molecular complexity index is 1190. The molecule has 3 saturated heterocycles. The van der Waals surface area contributed by atoms with Crippen LogP contribution in [-0.2, 0) is 19.1 Å². The van der Waals surface area contributed by atoms with E-state index in [1.165, 1.54) is 11.9 Å². The number of halogens is 1. The molecule has 1 spiro atoms. The van der Waals surface area contributed by atoms with Crippen molar-refractivity contribution in [3.63, 3.8) is 0 Å². The number of ether oxygens (including phenoxy) is 1. The molecule has 0 saturated carbocycles. The van der Waals surface area contributed by atoms with Gasteiger partial charge in [0, 0.05) is 17.6 Å². The van der Waals surface area contributed by atoms with Gasteiger partial charge in [-0.15, -0.1) is 0 Å². The molecule has 3 fully saturated rings. The summed E-state index contributed by atoms with van der Waals surface area (Å²) < 4.78 is 6.48. The number of aliphatic hydroxyl groups excluding tert-OH is 1. The fourth-order valence-corrected chi connectivity index (χ4v) is 7.34. The molecule has 7 atom stereocenters. The molecule has 3 heterocycles. The zero-order valence-corrected chi connectivity index (χ0v) is 22.0. The molecule has 3 aliphatic heterocycles. The first-order chi connectivity index (χ1) is 17.2. The van der Waals surface area contributed by atoms with Crippen molar-refractivity contribution in [2.24, 2.45) is 11.8 Å². The Morgan fingerprint density at radius 2 is 1.81 bits per heavy atom. The molecule has 36 heavy (non-hydrogen) atoms. The third kappa shape index (κ3) is 3.59. The number of carbonyl (C=O) groups excluding carboxylic acids is 3. The minimum absolute atomic E-state index is 0.191. The van der Waals surface area contributed by atoms with Crippen molar-refractivity contribution in [1.29, 1.82) is 0 Å². The Morgan fingerprint density at radius 1 is 1.14 bits per heavy atom. The van der Waals surface area contributed by atoms with E-state index in [9.17, 15) is 19.5 Å². The number of aliphatic hydroxyl groups is 1. The van der Waals surface area contributed by atoms with Gasteiger partial charge < -0.3 is 25.4 Å². The lowest BCUT2D eigenvalue weighted by atomic mass is 9.70. The number of fused-ring (bicyclic) bond motifs is 1. The summed E-state index contributed by atoms with van der Waals surface area (Å²) in [5.41, 5.74) is 1.98.